The van der Waals surface area contributed by atoms with E-state index in [-0.39, 0.29) is 11.7 Å². The van der Waals surface area contributed by atoms with Crippen molar-refractivity contribution in [2.24, 2.45) is 0 Å². The minimum Gasteiger partial charge on any atom is -0.327 e. The summed E-state index contributed by atoms with van der Waals surface area (Å²) in [6.07, 6.45) is 3.96. The number of halogens is 1. The monoisotopic (exact) mass is 332 g/mol. The highest BCUT2D eigenvalue weighted by molar-refractivity contribution is 5.94. The lowest BCUT2D eigenvalue weighted by Crippen LogP contribution is -2.41. The van der Waals surface area contributed by atoms with Crippen molar-refractivity contribution in [3.05, 3.63) is 101 Å². The summed E-state index contributed by atoms with van der Waals surface area (Å²) in [5.41, 5.74) is 3.24. The second-order valence-electron chi connectivity index (χ2n) is 6.11. The second kappa shape index (κ2) is 6.48. The molecule has 3 nitrogen and oxygen atoms in total. The molecule has 1 atom stereocenters. The standard InChI is InChI=1S/C21H17FN2O/c22-19-8-4-3-7-18(19)20-17-6-2-1-5-15(17)11-14-24(20)21(25)16-9-12-23-13-10-16/h1-10,12-13,20H,11,14H2. The zero-order chi connectivity index (χ0) is 17.2. The maximum absolute atomic E-state index is 14.6. The third kappa shape index (κ3) is 2.80. The molecule has 2 heterocycles. The normalized spacial score (nSPS) is 16.4. The van der Waals surface area contributed by atoms with Gasteiger partial charge in [0.05, 0.1) is 6.04 Å². The summed E-state index contributed by atoms with van der Waals surface area (Å²) in [6.45, 7) is 0.553. The maximum atomic E-state index is 14.6. The highest BCUT2D eigenvalue weighted by Crippen LogP contribution is 2.37. The lowest BCUT2D eigenvalue weighted by atomic mass is 9.87. The quantitative estimate of drug-likeness (QED) is 0.710. The van der Waals surface area contributed by atoms with Gasteiger partial charge in [0.1, 0.15) is 5.82 Å². The lowest BCUT2D eigenvalue weighted by molar-refractivity contribution is 0.0692. The first kappa shape index (κ1) is 15.5. The molecule has 1 aliphatic heterocycles. The summed E-state index contributed by atoms with van der Waals surface area (Å²) in [5, 5.41) is 0. The van der Waals surface area contributed by atoms with Gasteiger partial charge in [0.25, 0.3) is 5.91 Å². The van der Waals surface area contributed by atoms with E-state index in [0.29, 0.717) is 17.7 Å². The number of hydrogen-bond donors (Lipinski definition) is 0. The van der Waals surface area contributed by atoms with Gasteiger partial charge in [0.2, 0.25) is 0 Å². The van der Waals surface area contributed by atoms with Crippen molar-refractivity contribution in [2.75, 3.05) is 6.54 Å². The van der Waals surface area contributed by atoms with Crippen LogP contribution in [0.2, 0.25) is 0 Å². The number of carbonyl (C=O) groups is 1. The van der Waals surface area contributed by atoms with Crippen molar-refractivity contribution in [3.63, 3.8) is 0 Å². The topological polar surface area (TPSA) is 33.2 Å². The zero-order valence-corrected chi connectivity index (χ0v) is 13.6. The van der Waals surface area contributed by atoms with Crippen LogP contribution in [0.5, 0.6) is 0 Å². The molecule has 0 aliphatic carbocycles. The van der Waals surface area contributed by atoms with Gasteiger partial charge >= 0.3 is 0 Å². The van der Waals surface area contributed by atoms with Crippen LogP contribution in [-0.4, -0.2) is 22.3 Å². The summed E-state index contributed by atoms with van der Waals surface area (Å²) in [4.78, 5) is 18.8. The third-order valence-corrected chi connectivity index (χ3v) is 4.67. The van der Waals surface area contributed by atoms with E-state index in [2.05, 4.69) is 11.1 Å². The molecule has 0 saturated heterocycles. The Morgan fingerprint density at radius 3 is 2.40 bits per heavy atom. The SMILES string of the molecule is O=C(c1ccncc1)N1CCc2ccccc2C1c1ccccc1F. The Balaban J connectivity index is 1.84. The van der Waals surface area contributed by atoms with Crippen LogP contribution in [0.15, 0.2) is 73.1 Å². The van der Waals surface area contributed by atoms with Crippen LogP contribution in [-0.2, 0) is 6.42 Å². The van der Waals surface area contributed by atoms with Gasteiger partial charge < -0.3 is 4.90 Å². The van der Waals surface area contributed by atoms with Gasteiger partial charge in [-0.2, -0.15) is 0 Å². The second-order valence-corrected chi connectivity index (χ2v) is 6.11. The van der Waals surface area contributed by atoms with Gasteiger partial charge in [-0.25, -0.2) is 4.39 Å². The van der Waals surface area contributed by atoms with E-state index < -0.39 is 6.04 Å². The Kier molecular flexibility index (Phi) is 4.02. The number of hydrogen-bond acceptors (Lipinski definition) is 2. The number of rotatable bonds is 2. The summed E-state index contributed by atoms with van der Waals surface area (Å²) < 4.78 is 14.6. The minimum absolute atomic E-state index is 0.106. The van der Waals surface area contributed by atoms with Gasteiger partial charge in [-0.3, -0.25) is 9.78 Å². The number of amides is 1. The van der Waals surface area contributed by atoms with Crippen molar-refractivity contribution in [1.29, 1.82) is 0 Å². The molecular formula is C21H17FN2O. The van der Waals surface area contributed by atoms with Gasteiger partial charge in [0, 0.05) is 30.1 Å². The fraction of sp³-hybridized carbons (Fsp3) is 0.143. The van der Waals surface area contributed by atoms with Crippen molar-refractivity contribution in [3.8, 4) is 0 Å². The predicted molar refractivity (Wildman–Crippen MR) is 93.7 cm³/mol. The molecule has 0 spiro atoms. The smallest absolute Gasteiger partial charge is 0.254 e. The van der Waals surface area contributed by atoms with E-state index in [1.807, 2.05) is 24.3 Å². The molecule has 4 rings (SSSR count). The predicted octanol–water partition coefficient (Wildman–Crippen LogP) is 4.01. The van der Waals surface area contributed by atoms with E-state index >= 15 is 0 Å². The lowest BCUT2D eigenvalue weighted by Gasteiger charge is -2.38. The molecule has 1 amide bonds. The van der Waals surface area contributed by atoms with Crippen LogP contribution >= 0.6 is 0 Å². The van der Waals surface area contributed by atoms with Crippen molar-refractivity contribution >= 4 is 5.91 Å². The van der Waals surface area contributed by atoms with Crippen molar-refractivity contribution < 1.29 is 9.18 Å². The summed E-state index contributed by atoms with van der Waals surface area (Å²) >= 11 is 0. The van der Waals surface area contributed by atoms with Crippen LogP contribution in [0, 0.1) is 5.82 Å². The number of pyridine rings is 1. The Bertz CT molecular complexity index is 911. The van der Waals surface area contributed by atoms with E-state index in [1.54, 1.807) is 41.6 Å². The number of benzene rings is 2. The highest BCUT2D eigenvalue weighted by Gasteiger charge is 2.33. The van der Waals surface area contributed by atoms with Gasteiger partial charge in [-0.1, -0.05) is 42.5 Å². The van der Waals surface area contributed by atoms with E-state index in [1.165, 1.54) is 6.07 Å². The molecular weight excluding hydrogens is 315 g/mol. The van der Waals surface area contributed by atoms with Gasteiger partial charge in [-0.15, -0.1) is 0 Å². The molecule has 1 aliphatic rings. The van der Waals surface area contributed by atoms with Gasteiger partial charge in [0.15, 0.2) is 0 Å². The van der Waals surface area contributed by atoms with Gasteiger partial charge in [-0.05, 0) is 35.7 Å². The zero-order valence-electron chi connectivity index (χ0n) is 13.6. The van der Waals surface area contributed by atoms with Crippen molar-refractivity contribution in [1.82, 2.24) is 9.88 Å². The highest BCUT2D eigenvalue weighted by atomic mass is 19.1. The molecule has 124 valence electrons. The molecule has 0 saturated carbocycles. The first-order valence-corrected chi connectivity index (χ1v) is 8.29. The van der Waals surface area contributed by atoms with E-state index in [9.17, 15) is 9.18 Å². The number of nitrogens with zero attached hydrogens (tertiary/aromatic N) is 2. The molecule has 2 aromatic carbocycles. The third-order valence-electron chi connectivity index (χ3n) is 4.67. The van der Waals surface area contributed by atoms with E-state index in [0.717, 1.165) is 17.5 Å². The molecule has 0 bridgehead atoms. The van der Waals surface area contributed by atoms with Crippen LogP contribution < -0.4 is 0 Å². The molecule has 25 heavy (non-hydrogen) atoms. The Morgan fingerprint density at radius 2 is 1.64 bits per heavy atom. The molecule has 3 aromatic rings. The fourth-order valence-corrected chi connectivity index (χ4v) is 3.48. The summed E-state index contributed by atoms with van der Waals surface area (Å²) in [5.74, 6) is -0.401. The number of carbonyl (C=O) groups excluding carboxylic acids is 1. The molecule has 1 unspecified atom stereocenters. The Morgan fingerprint density at radius 1 is 0.960 bits per heavy atom. The molecule has 0 fully saturated rings. The largest absolute Gasteiger partial charge is 0.327 e. The van der Waals surface area contributed by atoms with Crippen molar-refractivity contribution in [2.45, 2.75) is 12.5 Å². The van der Waals surface area contributed by atoms with E-state index in [4.69, 9.17) is 0 Å². The molecule has 0 N–H and O–H groups in total. The first-order chi connectivity index (χ1) is 12.3. The summed E-state index contributed by atoms with van der Waals surface area (Å²) in [7, 11) is 0. The van der Waals surface area contributed by atoms with Crippen LogP contribution in [0.4, 0.5) is 4.39 Å². The summed E-state index contributed by atoms with van der Waals surface area (Å²) in [6, 6.07) is 17.6. The Hall–Kier alpha value is -3.01. The molecule has 1 aromatic heterocycles. The van der Waals surface area contributed by atoms with Crippen LogP contribution in [0.25, 0.3) is 0 Å². The Labute approximate surface area is 145 Å². The number of fused-ring (bicyclic) bond motifs is 1. The maximum Gasteiger partial charge on any atom is 0.254 e. The number of aromatic nitrogens is 1. The average molecular weight is 332 g/mol. The van der Waals surface area contributed by atoms with Crippen LogP contribution in [0.3, 0.4) is 0 Å². The fourth-order valence-electron chi connectivity index (χ4n) is 3.48. The molecule has 4 heteroatoms. The minimum atomic E-state index is -0.424. The average Bonchev–Trinajstić information content (AvgIpc) is 2.68. The molecule has 0 radical (unpaired) electrons. The first-order valence-electron chi connectivity index (χ1n) is 8.29. The van der Waals surface area contributed by atoms with Crippen LogP contribution in [0.1, 0.15) is 33.1 Å².